The van der Waals surface area contributed by atoms with Crippen molar-refractivity contribution in [3.8, 4) is 0 Å². The van der Waals surface area contributed by atoms with Crippen LogP contribution >= 0.6 is 12.4 Å². The lowest BCUT2D eigenvalue weighted by Crippen LogP contribution is -2.35. The molecule has 1 N–H and O–H groups in total. The van der Waals surface area contributed by atoms with E-state index in [-0.39, 0.29) is 24.4 Å². The third-order valence-corrected chi connectivity index (χ3v) is 4.90. The number of benzene rings is 1. The molecule has 1 amide bonds. The van der Waals surface area contributed by atoms with Crippen LogP contribution in [0.15, 0.2) is 42.6 Å². The molecular weight excluding hydrogens is 312 g/mol. The van der Waals surface area contributed by atoms with Crippen LogP contribution in [0, 0.1) is 11.8 Å². The number of amides is 1. The van der Waals surface area contributed by atoms with E-state index >= 15 is 0 Å². The van der Waals surface area contributed by atoms with Gasteiger partial charge in [-0.2, -0.15) is 5.10 Å². The Bertz CT molecular complexity index is 687. The highest BCUT2D eigenvalue weighted by Crippen LogP contribution is 2.43. The summed E-state index contributed by atoms with van der Waals surface area (Å²) in [4.78, 5) is 14.9. The van der Waals surface area contributed by atoms with E-state index in [0.717, 1.165) is 19.6 Å². The SMILES string of the molecule is Cl.Cn1ccc(C(=O)N2C[C@@H]3CNC[C@@H]3[C@H]2c2ccccc2)n1. The molecule has 2 aliphatic rings. The fourth-order valence-corrected chi connectivity index (χ4v) is 3.88. The molecule has 3 atom stereocenters. The largest absolute Gasteiger partial charge is 0.330 e. The van der Waals surface area contributed by atoms with Crippen LogP contribution < -0.4 is 5.32 Å². The molecule has 2 aliphatic heterocycles. The van der Waals surface area contributed by atoms with Gasteiger partial charge in [0.15, 0.2) is 0 Å². The molecule has 5 nitrogen and oxygen atoms in total. The maximum Gasteiger partial charge on any atom is 0.274 e. The molecule has 3 heterocycles. The average Bonchev–Trinajstić information content (AvgIpc) is 3.22. The van der Waals surface area contributed by atoms with Crippen molar-refractivity contribution in [3.63, 3.8) is 0 Å². The Morgan fingerprint density at radius 3 is 2.70 bits per heavy atom. The lowest BCUT2D eigenvalue weighted by Gasteiger charge is -2.27. The molecule has 2 saturated heterocycles. The minimum absolute atomic E-state index is 0. The van der Waals surface area contributed by atoms with Gasteiger partial charge in [0.25, 0.3) is 5.91 Å². The molecule has 0 saturated carbocycles. The summed E-state index contributed by atoms with van der Waals surface area (Å²) in [6.45, 7) is 2.79. The van der Waals surface area contributed by atoms with Crippen molar-refractivity contribution in [2.24, 2.45) is 18.9 Å². The van der Waals surface area contributed by atoms with Crippen molar-refractivity contribution in [2.45, 2.75) is 6.04 Å². The van der Waals surface area contributed by atoms with Gasteiger partial charge in [-0.1, -0.05) is 30.3 Å². The number of hydrogen-bond donors (Lipinski definition) is 1. The quantitative estimate of drug-likeness (QED) is 0.913. The molecule has 2 fully saturated rings. The van der Waals surface area contributed by atoms with Crippen LogP contribution in [0.3, 0.4) is 0 Å². The van der Waals surface area contributed by atoms with Gasteiger partial charge < -0.3 is 10.2 Å². The number of carbonyl (C=O) groups excluding carboxylic acids is 1. The maximum atomic E-state index is 12.9. The second kappa shape index (κ2) is 6.34. The molecule has 122 valence electrons. The van der Waals surface area contributed by atoms with Crippen molar-refractivity contribution in [1.82, 2.24) is 20.0 Å². The third-order valence-electron chi connectivity index (χ3n) is 4.90. The van der Waals surface area contributed by atoms with E-state index in [4.69, 9.17) is 0 Å². The number of aryl methyl sites for hydroxylation is 1. The van der Waals surface area contributed by atoms with Crippen molar-refractivity contribution in [3.05, 3.63) is 53.9 Å². The summed E-state index contributed by atoms with van der Waals surface area (Å²) < 4.78 is 1.68. The molecule has 2 aromatic rings. The summed E-state index contributed by atoms with van der Waals surface area (Å²) in [5.41, 5.74) is 1.76. The van der Waals surface area contributed by atoms with Gasteiger partial charge in [-0.15, -0.1) is 12.4 Å². The Labute approximate surface area is 142 Å². The zero-order valence-electron chi connectivity index (χ0n) is 13.1. The van der Waals surface area contributed by atoms with E-state index < -0.39 is 0 Å². The lowest BCUT2D eigenvalue weighted by molar-refractivity contribution is 0.0707. The van der Waals surface area contributed by atoms with E-state index in [1.807, 2.05) is 24.2 Å². The second-order valence-corrected chi connectivity index (χ2v) is 6.27. The number of fused-ring (bicyclic) bond motifs is 1. The monoisotopic (exact) mass is 332 g/mol. The van der Waals surface area contributed by atoms with E-state index in [9.17, 15) is 4.79 Å². The average molecular weight is 333 g/mol. The number of aromatic nitrogens is 2. The molecule has 6 heteroatoms. The van der Waals surface area contributed by atoms with Gasteiger partial charge in [-0.25, -0.2) is 0 Å². The molecule has 1 aromatic heterocycles. The van der Waals surface area contributed by atoms with Crippen LogP contribution in [0.2, 0.25) is 0 Å². The van der Waals surface area contributed by atoms with Crippen LogP contribution in [0.25, 0.3) is 0 Å². The summed E-state index contributed by atoms with van der Waals surface area (Å²) in [7, 11) is 1.84. The highest BCUT2D eigenvalue weighted by atomic mass is 35.5. The van der Waals surface area contributed by atoms with Gasteiger partial charge in [0.05, 0.1) is 6.04 Å². The Morgan fingerprint density at radius 1 is 1.22 bits per heavy atom. The highest BCUT2D eigenvalue weighted by Gasteiger charge is 2.47. The Balaban J connectivity index is 0.00000156. The summed E-state index contributed by atoms with van der Waals surface area (Å²) >= 11 is 0. The van der Waals surface area contributed by atoms with Gasteiger partial charge in [0, 0.05) is 38.8 Å². The Hall–Kier alpha value is -1.85. The van der Waals surface area contributed by atoms with Gasteiger partial charge in [-0.05, 0) is 17.5 Å². The molecule has 0 spiro atoms. The highest BCUT2D eigenvalue weighted by molar-refractivity contribution is 5.92. The fourth-order valence-electron chi connectivity index (χ4n) is 3.88. The minimum Gasteiger partial charge on any atom is -0.330 e. The molecule has 1 aromatic carbocycles. The minimum atomic E-state index is 0. The van der Waals surface area contributed by atoms with Gasteiger partial charge in [-0.3, -0.25) is 9.48 Å². The first-order valence-corrected chi connectivity index (χ1v) is 7.80. The van der Waals surface area contributed by atoms with Crippen molar-refractivity contribution in [1.29, 1.82) is 0 Å². The van der Waals surface area contributed by atoms with Crippen molar-refractivity contribution >= 4 is 18.3 Å². The number of halogens is 1. The first-order chi connectivity index (χ1) is 10.7. The van der Waals surface area contributed by atoms with E-state index in [1.165, 1.54) is 5.56 Å². The molecule has 23 heavy (non-hydrogen) atoms. The number of hydrogen-bond acceptors (Lipinski definition) is 3. The predicted octanol–water partition coefficient (Wildman–Crippen LogP) is 1.87. The third kappa shape index (κ3) is 2.75. The van der Waals surface area contributed by atoms with Crippen molar-refractivity contribution < 1.29 is 4.79 Å². The summed E-state index contributed by atoms with van der Waals surface area (Å²) in [5, 5.41) is 7.76. The molecule has 0 bridgehead atoms. The zero-order chi connectivity index (χ0) is 15.1. The number of likely N-dealkylation sites (tertiary alicyclic amines) is 1. The van der Waals surface area contributed by atoms with Gasteiger partial charge in [0.1, 0.15) is 5.69 Å². The second-order valence-electron chi connectivity index (χ2n) is 6.27. The Morgan fingerprint density at radius 2 is 2.00 bits per heavy atom. The van der Waals surface area contributed by atoms with Crippen LogP contribution in [-0.2, 0) is 7.05 Å². The predicted molar refractivity (Wildman–Crippen MR) is 90.5 cm³/mol. The van der Waals surface area contributed by atoms with Gasteiger partial charge >= 0.3 is 0 Å². The topological polar surface area (TPSA) is 50.2 Å². The first kappa shape index (κ1) is 16.0. The standard InChI is InChI=1S/C17H20N4O.ClH/c1-20-8-7-15(19-20)17(22)21-11-13-9-18-10-14(13)16(21)12-5-3-2-4-6-12;/h2-8,13-14,16,18H,9-11H2,1H3;1H/t13-,14-,16+;/m0./s1. The van der Waals surface area contributed by atoms with Crippen molar-refractivity contribution in [2.75, 3.05) is 19.6 Å². The number of nitrogens with zero attached hydrogens (tertiary/aromatic N) is 3. The maximum absolute atomic E-state index is 12.9. The molecule has 0 unspecified atom stereocenters. The smallest absolute Gasteiger partial charge is 0.274 e. The van der Waals surface area contributed by atoms with Crippen LogP contribution in [0.5, 0.6) is 0 Å². The van der Waals surface area contributed by atoms with E-state index in [2.05, 4.69) is 34.7 Å². The van der Waals surface area contributed by atoms with Gasteiger partial charge in [0.2, 0.25) is 0 Å². The lowest BCUT2D eigenvalue weighted by atomic mass is 9.89. The Kier molecular flexibility index (Phi) is 4.41. The molecule has 0 aliphatic carbocycles. The van der Waals surface area contributed by atoms with Crippen LogP contribution in [0.4, 0.5) is 0 Å². The summed E-state index contributed by atoms with van der Waals surface area (Å²) in [6, 6.07) is 12.3. The normalized spacial score (nSPS) is 26.0. The number of rotatable bonds is 2. The van der Waals surface area contributed by atoms with E-state index in [0.29, 0.717) is 17.5 Å². The van der Waals surface area contributed by atoms with Crippen LogP contribution in [0.1, 0.15) is 22.1 Å². The zero-order valence-corrected chi connectivity index (χ0v) is 13.9. The molecule has 4 rings (SSSR count). The fraction of sp³-hybridized carbons (Fsp3) is 0.412. The van der Waals surface area contributed by atoms with E-state index in [1.54, 1.807) is 10.7 Å². The first-order valence-electron chi connectivity index (χ1n) is 7.80. The summed E-state index contributed by atoms with van der Waals surface area (Å²) in [5.74, 6) is 1.08. The molecular formula is C17H21ClN4O. The summed E-state index contributed by atoms with van der Waals surface area (Å²) in [6.07, 6.45) is 1.82. The molecule has 0 radical (unpaired) electrons. The number of nitrogens with one attached hydrogen (secondary N) is 1. The number of carbonyl (C=O) groups is 1. The van der Waals surface area contributed by atoms with Crippen LogP contribution in [-0.4, -0.2) is 40.2 Å².